The van der Waals surface area contributed by atoms with Gasteiger partial charge in [0.2, 0.25) is 5.91 Å². The smallest absolute Gasteiger partial charge is 0.240 e. The van der Waals surface area contributed by atoms with Crippen LogP contribution in [0.3, 0.4) is 0 Å². The van der Waals surface area contributed by atoms with Crippen molar-refractivity contribution in [3.63, 3.8) is 0 Å². The third kappa shape index (κ3) is 4.80. The number of carbonyl (C=O) groups is 1. The molecule has 0 aliphatic rings. The molecule has 0 saturated carbocycles. The van der Waals surface area contributed by atoms with E-state index in [1.165, 1.54) is 22.3 Å². The summed E-state index contributed by atoms with van der Waals surface area (Å²) in [5.74, 6) is -0.0753. The predicted octanol–water partition coefficient (Wildman–Crippen LogP) is 3.17. The van der Waals surface area contributed by atoms with Gasteiger partial charge in [-0.2, -0.15) is 0 Å². The van der Waals surface area contributed by atoms with Gasteiger partial charge in [-0.1, -0.05) is 31.0 Å². The molecule has 0 bridgehead atoms. The molecule has 3 N–H and O–H groups in total. The lowest BCUT2D eigenvalue weighted by Crippen LogP contribution is -2.51. The lowest BCUT2D eigenvalue weighted by Gasteiger charge is -2.23. The minimum absolute atomic E-state index is 0. The van der Waals surface area contributed by atoms with Crippen LogP contribution in [0.4, 0.5) is 0 Å². The quantitative estimate of drug-likeness (QED) is 0.877. The van der Waals surface area contributed by atoms with Gasteiger partial charge in [0, 0.05) is 6.54 Å². The molecule has 1 rings (SSSR count). The molecule has 0 aliphatic heterocycles. The molecule has 0 spiro atoms. The first kappa shape index (κ1) is 18.9. The number of benzene rings is 1. The van der Waals surface area contributed by atoms with Crippen LogP contribution in [0.25, 0.3) is 0 Å². The summed E-state index contributed by atoms with van der Waals surface area (Å²) >= 11 is 0. The lowest BCUT2D eigenvalue weighted by molar-refractivity contribution is -0.126. The second-order valence-electron chi connectivity index (χ2n) is 5.73. The zero-order valence-electron chi connectivity index (χ0n) is 13.2. The molecule has 3 nitrogen and oxygen atoms in total. The van der Waals surface area contributed by atoms with Gasteiger partial charge in [-0.3, -0.25) is 4.79 Å². The highest BCUT2D eigenvalue weighted by Gasteiger charge is 2.26. The van der Waals surface area contributed by atoms with Crippen molar-refractivity contribution in [2.75, 3.05) is 0 Å². The van der Waals surface area contributed by atoms with E-state index in [2.05, 4.69) is 38.2 Å². The van der Waals surface area contributed by atoms with Gasteiger partial charge in [-0.25, -0.2) is 0 Å². The third-order valence-electron chi connectivity index (χ3n) is 3.55. The van der Waals surface area contributed by atoms with Crippen molar-refractivity contribution in [3.05, 3.63) is 34.4 Å². The number of amides is 1. The second-order valence-corrected chi connectivity index (χ2v) is 5.73. The fraction of sp³-hybridized carbons (Fsp3) is 0.562. The maximum absolute atomic E-state index is 12.1. The fourth-order valence-corrected chi connectivity index (χ4v) is 2.49. The summed E-state index contributed by atoms with van der Waals surface area (Å²) < 4.78 is 0. The standard InChI is InChI=1S/C16H26N2O.ClH/c1-6-7-16(5,17)15(19)18-10-14-12(3)8-11(2)9-13(14)4;/h8-9H,6-7,10,17H2,1-5H3,(H,18,19);1H. The molecule has 114 valence electrons. The average Bonchev–Trinajstić information content (AvgIpc) is 2.26. The first-order valence-electron chi connectivity index (χ1n) is 6.92. The summed E-state index contributed by atoms with van der Waals surface area (Å²) in [6.45, 7) is 10.6. The minimum Gasteiger partial charge on any atom is -0.350 e. The number of aryl methyl sites for hydroxylation is 3. The van der Waals surface area contributed by atoms with Crippen LogP contribution in [0, 0.1) is 20.8 Å². The van der Waals surface area contributed by atoms with Crippen LogP contribution in [-0.2, 0) is 11.3 Å². The molecule has 1 aromatic rings. The van der Waals surface area contributed by atoms with Gasteiger partial charge in [-0.15, -0.1) is 12.4 Å². The summed E-state index contributed by atoms with van der Waals surface area (Å²) in [7, 11) is 0. The molecule has 20 heavy (non-hydrogen) atoms. The van der Waals surface area contributed by atoms with E-state index in [9.17, 15) is 4.79 Å². The van der Waals surface area contributed by atoms with E-state index in [-0.39, 0.29) is 18.3 Å². The number of nitrogens with two attached hydrogens (primary N) is 1. The first-order valence-corrected chi connectivity index (χ1v) is 6.92. The van der Waals surface area contributed by atoms with Crippen molar-refractivity contribution in [3.8, 4) is 0 Å². The number of rotatable bonds is 5. The molecule has 1 atom stereocenters. The minimum atomic E-state index is -0.777. The molecule has 0 saturated heterocycles. The molecule has 0 radical (unpaired) electrons. The van der Waals surface area contributed by atoms with Crippen molar-refractivity contribution in [2.24, 2.45) is 5.73 Å². The van der Waals surface area contributed by atoms with Crippen molar-refractivity contribution in [1.29, 1.82) is 0 Å². The maximum Gasteiger partial charge on any atom is 0.240 e. The first-order chi connectivity index (χ1) is 8.77. The molecule has 1 amide bonds. The van der Waals surface area contributed by atoms with Crippen LogP contribution >= 0.6 is 12.4 Å². The van der Waals surface area contributed by atoms with Crippen molar-refractivity contribution in [1.82, 2.24) is 5.32 Å². The summed E-state index contributed by atoms with van der Waals surface area (Å²) in [5, 5.41) is 2.96. The van der Waals surface area contributed by atoms with Crippen LogP contribution < -0.4 is 11.1 Å². The molecular formula is C16H27ClN2O. The molecular weight excluding hydrogens is 272 g/mol. The van der Waals surface area contributed by atoms with Gasteiger partial charge in [-0.05, 0) is 50.8 Å². The largest absolute Gasteiger partial charge is 0.350 e. The normalized spacial score (nSPS) is 13.3. The summed E-state index contributed by atoms with van der Waals surface area (Å²) in [6.07, 6.45) is 1.60. The average molecular weight is 299 g/mol. The zero-order chi connectivity index (χ0) is 14.6. The highest BCUT2D eigenvalue weighted by Crippen LogP contribution is 2.16. The summed E-state index contributed by atoms with van der Waals surface area (Å²) in [5.41, 5.74) is 10.1. The van der Waals surface area contributed by atoms with Crippen molar-refractivity contribution < 1.29 is 4.79 Å². The highest BCUT2D eigenvalue weighted by molar-refractivity contribution is 5.85. The monoisotopic (exact) mass is 298 g/mol. The van der Waals surface area contributed by atoms with E-state index in [1.807, 2.05) is 6.92 Å². The van der Waals surface area contributed by atoms with Crippen LogP contribution in [0.5, 0.6) is 0 Å². The van der Waals surface area contributed by atoms with Crippen LogP contribution in [0.2, 0.25) is 0 Å². The number of hydrogen-bond donors (Lipinski definition) is 2. The Kier molecular flexibility index (Phi) is 7.25. The van der Waals surface area contributed by atoms with E-state index < -0.39 is 5.54 Å². The second kappa shape index (κ2) is 7.65. The Morgan fingerprint density at radius 2 is 1.75 bits per heavy atom. The molecule has 1 unspecified atom stereocenters. The van der Waals surface area contributed by atoms with E-state index >= 15 is 0 Å². The van der Waals surface area contributed by atoms with Gasteiger partial charge < -0.3 is 11.1 Å². The van der Waals surface area contributed by atoms with Gasteiger partial charge in [0.1, 0.15) is 0 Å². The molecule has 0 aromatic heterocycles. The van der Waals surface area contributed by atoms with Gasteiger partial charge >= 0.3 is 0 Å². The Morgan fingerprint density at radius 3 is 2.20 bits per heavy atom. The van der Waals surface area contributed by atoms with Crippen LogP contribution in [-0.4, -0.2) is 11.4 Å². The Balaban J connectivity index is 0.00000361. The molecule has 4 heteroatoms. The molecule has 0 fully saturated rings. The van der Waals surface area contributed by atoms with E-state index in [4.69, 9.17) is 5.73 Å². The number of nitrogens with one attached hydrogen (secondary N) is 1. The molecule has 0 heterocycles. The van der Waals surface area contributed by atoms with E-state index in [1.54, 1.807) is 6.92 Å². The molecule has 1 aromatic carbocycles. The maximum atomic E-state index is 12.1. The highest BCUT2D eigenvalue weighted by atomic mass is 35.5. The SMILES string of the molecule is CCCC(C)(N)C(=O)NCc1c(C)cc(C)cc1C.Cl. The van der Waals surface area contributed by atoms with Crippen molar-refractivity contribution in [2.45, 2.75) is 59.5 Å². The van der Waals surface area contributed by atoms with E-state index in [0.29, 0.717) is 13.0 Å². The van der Waals surface area contributed by atoms with Crippen molar-refractivity contribution >= 4 is 18.3 Å². The summed E-state index contributed by atoms with van der Waals surface area (Å²) in [4.78, 5) is 12.1. The zero-order valence-corrected chi connectivity index (χ0v) is 14.0. The fourth-order valence-electron chi connectivity index (χ4n) is 2.49. The van der Waals surface area contributed by atoms with Gasteiger partial charge in [0.25, 0.3) is 0 Å². The number of carbonyl (C=O) groups excluding carboxylic acids is 1. The third-order valence-corrected chi connectivity index (χ3v) is 3.55. The van der Waals surface area contributed by atoms with Gasteiger partial charge in [0.05, 0.1) is 5.54 Å². The Morgan fingerprint density at radius 1 is 1.25 bits per heavy atom. The Bertz CT molecular complexity index is 447. The predicted molar refractivity (Wildman–Crippen MR) is 87.2 cm³/mol. The van der Waals surface area contributed by atoms with E-state index in [0.717, 1.165) is 6.42 Å². The lowest BCUT2D eigenvalue weighted by atomic mass is 9.95. The number of hydrogen-bond acceptors (Lipinski definition) is 2. The summed E-state index contributed by atoms with van der Waals surface area (Å²) in [6, 6.07) is 4.28. The van der Waals surface area contributed by atoms with Crippen LogP contribution in [0.1, 0.15) is 48.9 Å². The Hall–Kier alpha value is -1.06. The topological polar surface area (TPSA) is 55.1 Å². The number of halogens is 1. The van der Waals surface area contributed by atoms with Gasteiger partial charge in [0.15, 0.2) is 0 Å². The molecule has 0 aliphatic carbocycles. The Labute approximate surface area is 128 Å². The van der Waals surface area contributed by atoms with Crippen LogP contribution in [0.15, 0.2) is 12.1 Å².